The van der Waals surface area contributed by atoms with E-state index in [1.54, 1.807) is 6.08 Å². The van der Waals surface area contributed by atoms with Crippen molar-refractivity contribution in [3.05, 3.63) is 12.7 Å². The van der Waals surface area contributed by atoms with E-state index in [0.29, 0.717) is 18.1 Å². The van der Waals surface area contributed by atoms with E-state index in [9.17, 15) is 4.79 Å². The molecule has 0 rings (SSSR count). The van der Waals surface area contributed by atoms with Gasteiger partial charge in [0, 0.05) is 13.0 Å². The number of amides is 1. The second kappa shape index (κ2) is 21.2. The Labute approximate surface area is 173 Å². The van der Waals surface area contributed by atoms with Crippen LogP contribution in [0.15, 0.2) is 12.7 Å². The lowest BCUT2D eigenvalue weighted by atomic mass is 10.0. The quantitative estimate of drug-likeness (QED) is 0.116. The van der Waals surface area contributed by atoms with Crippen molar-refractivity contribution in [2.24, 2.45) is 0 Å². The van der Waals surface area contributed by atoms with Crippen molar-refractivity contribution in [1.82, 2.24) is 16.2 Å². The van der Waals surface area contributed by atoms with Gasteiger partial charge in [0.05, 0.1) is 0 Å². The zero-order valence-corrected chi connectivity index (χ0v) is 18.4. The van der Waals surface area contributed by atoms with Crippen LogP contribution in [0.1, 0.15) is 110 Å². The smallest absolute Gasteiger partial charge is 0.238 e. The summed E-state index contributed by atoms with van der Waals surface area (Å²) >= 11 is 5.00. The van der Waals surface area contributed by atoms with Gasteiger partial charge in [0.25, 0.3) is 0 Å². The molecule has 0 atom stereocenters. The van der Waals surface area contributed by atoms with Crippen molar-refractivity contribution >= 4 is 23.2 Å². The standard InChI is InChI=1S/C22H43N3OS/c1-3-5-6-7-8-9-10-11-12-13-14-15-16-17-18-19-21(26)24-25-22(27)23-20-4-2/h4H,2-3,5-20H2,1H3,(H,24,26)(H2,23,25,27). The van der Waals surface area contributed by atoms with Crippen molar-refractivity contribution in [2.75, 3.05) is 6.54 Å². The summed E-state index contributed by atoms with van der Waals surface area (Å²) in [5, 5.41) is 3.31. The van der Waals surface area contributed by atoms with E-state index in [1.165, 1.54) is 83.5 Å². The largest absolute Gasteiger partial charge is 0.358 e. The lowest BCUT2D eigenvalue weighted by Gasteiger charge is -2.10. The fraction of sp³-hybridized carbons (Fsp3) is 0.818. The van der Waals surface area contributed by atoms with E-state index in [-0.39, 0.29) is 5.91 Å². The average molecular weight is 398 g/mol. The van der Waals surface area contributed by atoms with Crippen LogP contribution < -0.4 is 16.2 Å². The van der Waals surface area contributed by atoms with E-state index in [0.717, 1.165) is 12.8 Å². The van der Waals surface area contributed by atoms with Gasteiger partial charge in [-0.2, -0.15) is 0 Å². The van der Waals surface area contributed by atoms with Crippen molar-refractivity contribution in [3.8, 4) is 0 Å². The summed E-state index contributed by atoms with van der Waals surface area (Å²) in [6.45, 7) is 6.45. The number of hydrogen-bond acceptors (Lipinski definition) is 2. The molecule has 0 aliphatic heterocycles. The number of hydrogen-bond donors (Lipinski definition) is 3. The van der Waals surface area contributed by atoms with Crippen molar-refractivity contribution < 1.29 is 4.79 Å². The van der Waals surface area contributed by atoms with Crippen LogP contribution in [0.4, 0.5) is 0 Å². The first-order valence-corrected chi connectivity index (χ1v) is 11.5. The van der Waals surface area contributed by atoms with Gasteiger partial charge in [-0.15, -0.1) is 6.58 Å². The zero-order chi connectivity index (χ0) is 20.0. The molecule has 27 heavy (non-hydrogen) atoms. The van der Waals surface area contributed by atoms with Gasteiger partial charge in [-0.3, -0.25) is 15.6 Å². The molecule has 0 unspecified atom stereocenters. The molecule has 4 nitrogen and oxygen atoms in total. The van der Waals surface area contributed by atoms with Gasteiger partial charge in [0.15, 0.2) is 5.11 Å². The fourth-order valence-electron chi connectivity index (χ4n) is 3.05. The molecule has 0 aliphatic carbocycles. The Balaban J connectivity index is 3.21. The first-order valence-electron chi connectivity index (χ1n) is 11.1. The molecule has 0 radical (unpaired) electrons. The van der Waals surface area contributed by atoms with Gasteiger partial charge >= 0.3 is 0 Å². The third-order valence-corrected chi connectivity index (χ3v) is 4.98. The number of carbonyl (C=O) groups excluding carboxylic acids is 1. The molecule has 0 saturated carbocycles. The van der Waals surface area contributed by atoms with Gasteiger partial charge in [0.1, 0.15) is 0 Å². The van der Waals surface area contributed by atoms with E-state index in [4.69, 9.17) is 12.2 Å². The molecule has 158 valence electrons. The Morgan fingerprint density at radius 3 is 1.67 bits per heavy atom. The summed E-state index contributed by atoms with van der Waals surface area (Å²) in [4.78, 5) is 11.7. The molecule has 0 aromatic heterocycles. The maximum absolute atomic E-state index is 11.7. The molecule has 0 aliphatic rings. The summed E-state index contributed by atoms with van der Waals surface area (Å²) < 4.78 is 0. The summed E-state index contributed by atoms with van der Waals surface area (Å²) in [7, 11) is 0. The Bertz CT molecular complexity index is 375. The second-order valence-electron chi connectivity index (χ2n) is 7.37. The molecule has 0 fully saturated rings. The minimum atomic E-state index is -0.00699. The first-order chi connectivity index (χ1) is 13.2. The molecule has 3 N–H and O–H groups in total. The predicted octanol–water partition coefficient (Wildman–Crippen LogP) is 5.93. The van der Waals surface area contributed by atoms with Gasteiger partial charge in [-0.25, -0.2) is 0 Å². The predicted molar refractivity (Wildman–Crippen MR) is 122 cm³/mol. The summed E-state index contributed by atoms with van der Waals surface area (Å²) in [6.07, 6.45) is 22.3. The molecule has 1 amide bonds. The highest BCUT2D eigenvalue weighted by Gasteiger charge is 2.01. The van der Waals surface area contributed by atoms with Crippen LogP contribution in [0, 0.1) is 0 Å². The van der Waals surface area contributed by atoms with Gasteiger partial charge in [-0.1, -0.05) is 103 Å². The van der Waals surface area contributed by atoms with Crippen LogP contribution in [0.25, 0.3) is 0 Å². The first kappa shape index (κ1) is 25.9. The van der Waals surface area contributed by atoms with Gasteiger partial charge in [0.2, 0.25) is 5.91 Å². The molecule has 0 aromatic carbocycles. The lowest BCUT2D eigenvalue weighted by molar-refractivity contribution is -0.121. The maximum atomic E-state index is 11.7. The number of thiocarbonyl (C=S) groups is 1. The Hall–Kier alpha value is -1.10. The Morgan fingerprint density at radius 2 is 1.22 bits per heavy atom. The lowest BCUT2D eigenvalue weighted by Crippen LogP contribution is -2.46. The van der Waals surface area contributed by atoms with Crippen molar-refractivity contribution in [3.63, 3.8) is 0 Å². The SMILES string of the molecule is C=CCNC(=S)NNC(=O)CCCCCCCCCCCCCCCCC. The summed E-state index contributed by atoms with van der Waals surface area (Å²) in [5.74, 6) is -0.00699. The van der Waals surface area contributed by atoms with E-state index in [1.807, 2.05) is 0 Å². The maximum Gasteiger partial charge on any atom is 0.238 e. The normalized spacial score (nSPS) is 10.4. The molecule has 0 saturated heterocycles. The molecule has 0 heterocycles. The Morgan fingerprint density at radius 1 is 0.778 bits per heavy atom. The number of rotatable bonds is 18. The minimum absolute atomic E-state index is 0.00699. The third kappa shape index (κ3) is 21.1. The van der Waals surface area contributed by atoms with Crippen LogP contribution in [-0.4, -0.2) is 17.6 Å². The number of carbonyl (C=O) groups is 1. The molecule has 0 aromatic rings. The van der Waals surface area contributed by atoms with E-state index in [2.05, 4.69) is 29.7 Å². The molecule has 0 spiro atoms. The highest BCUT2D eigenvalue weighted by molar-refractivity contribution is 7.80. The Kier molecular flexibility index (Phi) is 20.3. The van der Waals surface area contributed by atoms with E-state index < -0.39 is 0 Å². The zero-order valence-electron chi connectivity index (χ0n) is 17.6. The fourth-order valence-corrected chi connectivity index (χ4v) is 3.19. The van der Waals surface area contributed by atoms with Gasteiger partial charge in [-0.05, 0) is 18.6 Å². The summed E-state index contributed by atoms with van der Waals surface area (Å²) in [6, 6.07) is 0. The third-order valence-electron chi connectivity index (χ3n) is 4.73. The van der Waals surface area contributed by atoms with Crippen LogP contribution in [0.2, 0.25) is 0 Å². The molecular weight excluding hydrogens is 354 g/mol. The monoisotopic (exact) mass is 397 g/mol. The number of nitrogens with one attached hydrogen (secondary N) is 3. The van der Waals surface area contributed by atoms with Crippen LogP contribution in [0.3, 0.4) is 0 Å². The van der Waals surface area contributed by atoms with Gasteiger partial charge < -0.3 is 5.32 Å². The van der Waals surface area contributed by atoms with Crippen LogP contribution in [-0.2, 0) is 4.79 Å². The molecule has 0 bridgehead atoms. The molecular formula is C22H43N3OS. The van der Waals surface area contributed by atoms with Crippen molar-refractivity contribution in [1.29, 1.82) is 0 Å². The average Bonchev–Trinajstić information content (AvgIpc) is 2.67. The number of hydrazine groups is 1. The highest BCUT2D eigenvalue weighted by Crippen LogP contribution is 2.13. The molecule has 5 heteroatoms. The number of unbranched alkanes of at least 4 members (excludes halogenated alkanes) is 14. The topological polar surface area (TPSA) is 53.2 Å². The van der Waals surface area contributed by atoms with E-state index >= 15 is 0 Å². The van der Waals surface area contributed by atoms with Crippen molar-refractivity contribution in [2.45, 2.75) is 110 Å². The highest BCUT2D eigenvalue weighted by atomic mass is 32.1. The second-order valence-corrected chi connectivity index (χ2v) is 7.78. The summed E-state index contributed by atoms with van der Waals surface area (Å²) in [5.41, 5.74) is 5.31. The van der Waals surface area contributed by atoms with Crippen LogP contribution >= 0.6 is 12.2 Å². The minimum Gasteiger partial charge on any atom is -0.358 e. The van der Waals surface area contributed by atoms with Crippen LogP contribution in [0.5, 0.6) is 0 Å².